The Morgan fingerprint density at radius 1 is 1.50 bits per heavy atom. The number of aromatic nitrogens is 2. The molecule has 0 amide bonds. The third-order valence-corrected chi connectivity index (χ3v) is 6.73. The van der Waals surface area contributed by atoms with Crippen LogP contribution in [0.4, 0.5) is 0 Å². The molecule has 1 saturated heterocycles. The summed E-state index contributed by atoms with van der Waals surface area (Å²) >= 11 is 4.49. The largest absolute Gasteiger partial charge is 0.379 e. The number of hydrogen-bond acceptors (Lipinski definition) is 7. The molecule has 1 aliphatic rings. The molecule has 4 rings (SSSR count). The molecule has 1 aliphatic heterocycles. The summed E-state index contributed by atoms with van der Waals surface area (Å²) in [4.78, 5) is 26.2. The van der Waals surface area contributed by atoms with E-state index in [0.717, 1.165) is 34.7 Å². The fraction of sp³-hybridized carbons (Fsp3) is 0.353. The number of aliphatic imine (C=N–C) groups is 1. The Hall–Kier alpha value is -1.68. The minimum absolute atomic E-state index is 0.106. The number of thioether (sulfide) groups is 1. The van der Waals surface area contributed by atoms with Crippen molar-refractivity contribution in [1.29, 1.82) is 0 Å². The maximum atomic E-state index is 12.5. The first kappa shape index (κ1) is 17.7. The monoisotopic (exact) mass is 406 g/mol. The van der Waals surface area contributed by atoms with Gasteiger partial charge in [-0.25, -0.2) is 4.98 Å². The summed E-state index contributed by atoms with van der Waals surface area (Å²) in [7, 11) is 0. The second-order valence-electron chi connectivity index (χ2n) is 5.92. The molecule has 26 heavy (non-hydrogen) atoms. The lowest BCUT2D eigenvalue weighted by Gasteiger charge is -2.06. The predicted octanol–water partition coefficient (Wildman–Crippen LogP) is 3.44. The standard InChI is InChI=1S/C17H18N4O2S3/c18-17(19-7-10-3-1-5-23-10)26-9-13-20-15(22)14-11(8-25-16(14)21-13)12-4-2-6-24-12/h2,4,6,8,10H,1,3,5,7,9H2,(H2,18,19)(H,20,21,22)/t10-/m1/s1. The van der Waals surface area contributed by atoms with Gasteiger partial charge in [-0.15, -0.1) is 22.7 Å². The van der Waals surface area contributed by atoms with Crippen LogP contribution < -0.4 is 11.3 Å². The number of ether oxygens (including phenoxy) is 1. The second kappa shape index (κ2) is 7.91. The second-order valence-corrected chi connectivity index (χ2v) is 8.72. The number of nitrogens with two attached hydrogens (primary N) is 1. The Labute approximate surface area is 162 Å². The lowest BCUT2D eigenvalue weighted by Crippen LogP contribution is -2.15. The molecule has 0 saturated carbocycles. The molecule has 3 aromatic rings. The van der Waals surface area contributed by atoms with Crippen LogP contribution in [-0.2, 0) is 10.5 Å². The maximum Gasteiger partial charge on any atom is 0.260 e. The van der Waals surface area contributed by atoms with Gasteiger partial charge in [-0.2, -0.15) is 0 Å². The molecule has 1 fully saturated rings. The van der Waals surface area contributed by atoms with Gasteiger partial charge in [0.25, 0.3) is 5.56 Å². The van der Waals surface area contributed by atoms with E-state index in [9.17, 15) is 4.79 Å². The molecule has 0 aromatic carbocycles. The van der Waals surface area contributed by atoms with E-state index in [4.69, 9.17) is 10.5 Å². The Bertz CT molecular complexity index is 972. The highest BCUT2D eigenvalue weighted by Gasteiger charge is 2.15. The van der Waals surface area contributed by atoms with Crippen molar-refractivity contribution in [3.8, 4) is 10.4 Å². The summed E-state index contributed by atoms with van der Waals surface area (Å²) in [5.41, 5.74) is 6.80. The number of H-pyrrole nitrogens is 1. The lowest BCUT2D eigenvalue weighted by atomic mass is 10.2. The Morgan fingerprint density at radius 2 is 2.42 bits per heavy atom. The van der Waals surface area contributed by atoms with Crippen molar-refractivity contribution in [1.82, 2.24) is 9.97 Å². The quantitative estimate of drug-likeness (QED) is 0.500. The van der Waals surface area contributed by atoms with Crippen molar-refractivity contribution in [2.75, 3.05) is 13.2 Å². The molecule has 1 atom stereocenters. The number of aromatic amines is 1. The number of rotatable bonds is 5. The molecule has 0 radical (unpaired) electrons. The molecular weight excluding hydrogens is 388 g/mol. The minimum Gasteiger partial charge on any atom is -0.379 e. The van der Waals surface area contributed by atoms with E-state index < -0.39 is 0 Å². The molecule has 3 N–H and O–H groups in total. The molecule has 0 bridgehead atoms. The average Bonchev–Trinajstić information content (AvgIpc) is 3.38. The molecular formula is C17H18N4O2S3. The summed E-state index contributed by atoms with van der Waals surface area (Å²) in [6.07, 6.45) is 2.31. The van der Waals surface area contributed by atoms with Crippen molar-refractivity contribution < 1.29 is 4.74 Å². The fourth-order valence-corrected chi connectivity index (χ4v) is 5.21. The fourth-order valence-electron chi connectivity index (χ4n) is 2.84. The molecule has 6 nitrogen and oxygen atoms in total. The van der Waals surface area contributed by atoms with Crippen LogP contribution in [0.15, 0.2) is 32.7 Å². The SMILES string of the molecule is NC(=NC[C@H]1CCCO1)SCc1nc2scc(-c3cccs3)c2c(=O)[nH]1. The molecule has 4 heterocycles. The van der Waals surface area contributed by atoms with E-state index in [1.54, 1.807) is 11.3 Å². The van der Waals surface area contributed by atoms with Gasteiger partial charge in [-0.1, -0.05) is 17.8 Å². The molecule has 0 unspecified atom stereocenters. The Morgan fingerprint density at radius 3 is 3.19 bits per heavy atom. The van der Waals surface area contributed by atoms with E-state index in [1.807, 2.05) is 22.9 Å². The summed E-state index contributed by atoms with van der Waals surface area (Å²) in [6.45, 7) is 1.41. The molecule has 0 spiro atoms. The van der Waals surface area contributed by atoms with Gasteiger partial charge in [0.1, 0.15) is 10.7 Å². The first-order valence-electron chi connectivity index (χ1n) is 8.29. The van der Waals surface area contributed by atoms with Gasteiger partial charge < -0.3 is 15.5 Å². The predicted molar refractivity (Wildman–Crippen MR) is 110 cm³/mol. The topological polar surface area (TPSA) is 93.4 Å². The normalized spacial score (nSPS) is 18.0. The van der Waals surface area contributed by atoms with Crippen LogP contribution in [0.5, 0.6) is 0 Å². The van der Waals surface area contributed by atoms with Gasteiger partial charge in [0.2, 0.25) is 0 Å². The van der Waals surface area contributed by atoms with Crippen molar-refractivity contribution in [2.24, 2.45) is 10.7 Å². The molecule has 9 heteroatoms. The van der Waals surface area contributed by atoms with Gasteiger partial charge in [0.15, 0.2) is 5.17 Å². The first-order valence-corrected chi connectivity index (χ1v) is 11.0. The van der Waals surface area contributed by atoms with Gasteiger partial charge in [-0.05, 0) is 24.3 Å². The van der Waals surface area contributed by atoms with Crippen LogP contribution in [0.1, 0.15) is 18.7 Å². The van der Waals surface area contributed by atoms with Crippen LogP contribution >= 0.6 is 34.4 Å². The Kier molecular flexibility index (Phi) is 5.39. The average molecular weight is 407 g/mol. The highest BCUT2D eigenvalue weighted by molar-refractivity contribution is 8.13. The van der Waals surface area contributed by atoms with Crippen molar-refractivity contribution in [3.63, 3.8) is 0 Å². The van der Waals surface area contributed by atoms with Crippen molar-refractivity contribution >= 4 is 49.8 Å². The summed E-state index contributed by atoms with van der Waals surface area (Å²) < 4.78 is 5.53. The van der Waals surface area contributed by atoms with E-state index in [1.165, 1.54) is 23.1 Å². The van der Waals surface area contributed by atoms with Crippen LogP contribution in [0, 0.1) is 0 Å². The van der Waals surface area contributed by atoms with Gasteiger partial charge in [0, 0.05) is 22.4 Å². The zero-order valence-corrected chi connectivity index (χ0v) is 16.4. The summed E-state index contributed by atoms with van der Waals surface area (Å²) in [6, 6.07) is 4.00. The highest BCUT2D eigenvalue weighted by atomic mass is 32.2. The summed E-state index contributed by atoms with van der Waals surface area (Å²) in [5.74, 6) is 1.10. The zero-order valence-electron chi connectivity index (χ0n) is 13.9. The minimum atomic E-state index is -0.106. The third-order valence-electron chi connectivity index (χ3n) is 4.11. The first-order chi connectivity index (χ1) is 12.7. The van der Waals surface area contributed by atoms with Crippen LogP contribution in [-0.4, -0.2) is 34.4 Å². The molecule has 136 valence electrons. The van der Waals surface area contributed by atoms with Crippen LogP contribution in [0.2, 0.25) is 0 Å². The number of nitrogens with one attached hydrogen (secondary N) is 1. The number of amidine groups is 1. The van der Waals surface area contributed by atoms with Crippen molar-refractivity contribution in [3.05, 3.63) is 39.1 Å². The van der Waals surface area contributed by atoms with E-state index >= 15 is 0 Å². The number of thiophene rings is 2. The Balaban J connectivity index is 1.47. The zero-order chi connectivity index (χ0) is 17.9. The van der Waals surface area contributed by atoms with Gasteiger partial charge in [-0.3, -0.25) is 9.79 Å². The number of fused-ring (bicyclic) bond motifs is 1. The third kappa shape index (κ3) is 3.85. The number of nitrogens with zero attached hydrogens (tertiary/aromatic N) is 2. The molecule has 0 aliphatic carbocycles. The van der Waals surface area contributed by atoms with Gasteiger partial charge in [0.05, 0.1) is 23.8 Å². The van der Waals surface area contributed by atoms with Crippen LogP contribution in [0.25, 0.3) is 20.7 Å². The number of hydrogen-bond donors (Lipinski definition) is 2. The maximum absolute atomic E-state index is 12.5. The highest BCUT2D eigenvalue weighted by Crippen LogP contribution is 2.33. The van der Waals surface area contributed by atoms with Gasteiger partial charge >= 0.3 is 0 Å². The van der Waals surface area contributed by atoms with E-state index in [0.29, 0.717) is 28.7 Å². The van der Waals surface area contributed by atoms with E-state index in [2.05, 4.69) is 15.0 Å². The van der Waals surface area contributed by atoms with Crippen LogP contribution in [0.3, 0.4) is 0 Å². The summed E-state index contributed by atoms with van der Waals surface area (Å²) in [5, 5.41) is 5.15. The molecule has 3 aromatic heterocycles. The van der Waals surface area contributed by atoms with Crippen molar-refractivity contribution in [2.45, 2.75) is 24.7 Å². The van der Waals surface area contributed by atoms with E-state index in [-0.39, 0.29) is 11.7 Å². The smallest absolute Gasteiger partial charge is 0.260 e. The lowest BCUT2D eigenvalue weighted by molar-refractivity contribution is 0.118.